The maximum atomic E-state index is 11.8. The number of halogens is 2. The molecule has 3 nitrogen and oxygen atoms in total. The SMILES string of the molecule is CCc1ccc(/C=N\NC(=O)[C@@]2(C)CC2(Cl)Cl)cc1. The Morgan fingerprint density at radius 3 is 2.47 bits per heavy atom. The molecule has 5 heteroatoms. The van der Waals surface area contributed by atoms with Crippen molar-refractivity contribution in [1.82, 2.24) is 5.43 Å². The van der Waals surface area contributed by atoms with E-state index in [1.54, 1.807) is 13.1 Å². The summed E-state index contributed by atoms with van der Waals surface area (Å²) in [5.74, 6) is -0.251. The molecule has 1 saturated carbocycles. The first-order chi connectivity index (χ1) is 8.89. The summed E-state index contributed by atoms with van der Waals surface area (Å²) in [6.07, 6.45) is 3.06. The predicted octanol–water partition coefficient (Wildman–Crippen LogP) is 3.28. The fourth-order valence-corrected chi connectivity index (χ4v) is 2.48. The van der Waals surface area contributed by atoms with Crippen LogP contribution in [0.1, 0.15) is 31.4 Å². The van der Waals surface area contributed by atoms with Crippen LogP contribution in [0.5, 0.6) is 0 Å². The van der Waals surface area contributed by atoms with Gasteiger partial charge in [0.1, 0.15) is 4.33 Å². The number of hydrogen-bond acceptors (Lipinski definition) is 2. The maximum Gasteiger partial charge on any atom is 0.249 e. The quantitative estimate of drug-likeness (QED) is 0.517. The van der Waals surface area contributed by atoms with Gasteiger partial charge in [0, 0.05) is 0 Å². The number of nitrogens with zero attached hydrogens (tertiary/aromatic N) is 1. The van der Waals surface area contributed by atoms with Crippen LogP contribution < -0.4 is 5.43 Å². The van der Waals surface area contributed by atoms with E-state index >= 15 is 0 Å². The molecule has 1 fully saturated rings. The van der Waals surface area contributed by atoms with E-state index in [2.05, 4.69) is 17.5 Å². The van der Waals surface area contributed by atoms with Crippen molar-refractivity contribution < 1.29 is 4.79 Å². The Morgan fingerprint density at radius 2 is 2.00 bits per heavy atom. The highest BCUT2D eigenvalue weighted by molar-refractivity contribution is 6.53. The molecule has 0 aromatic heterocycles. The van der Waals surface area contributed by atoms with Gasteiger partial charge < -0.3 is 0 Å². The number of carbonyl (C=O) groups is 1. The zero-order valence-corrected chi connectivity index (χ0v) is 12.4. The highest BCUT2D eigenvalue weighted by Gasteiger charge is 2.68. The molecule has 1 N–H and O–H groups in total. The Bertz CT molecular complexity index is 511. The molecule has 102 valence electrons. The number of rotatable bonds is 4. The lowest BCUT2D eigenvalue weighted by Crippen LogP contribution is -2.29. The summed E-state index contributed by atoms with van der Waals surface area (Å²) in [6, 6.07) is 7.99. The number of carbonyl (C=O) groups excluding carboxylic acids is 1. The van der Waals surface area contributed by atoms with Crippen molar-refractivity contribution in [1.29, 1.82) is 0 Å². The highest BCUT2D eigenvalue weighted by atomic mass is 35.5. The molecule has 1 aromatic rings. The van der Waals surface area contributed by atoms with Gasteiger partial charge in [0.05, 0.1) is 11.6 Å². The standard InChI is InChI=1S/C14H16Cl2N2O/c1-3-10-4-6-11(7-5-10)8-17-18-12(19)13(2)9-14(13,15)16/h4-8H,3,9H2,1-2H3,(H,18,19)/b17-8-/t13-/m1/s1. The fraction of sp³-hybridized carbons (Fsp3) is 0.429. The van der Waals surface area contributed by atoms with Crippen LogP contribution in [0.4, 0.5) is 0 Å². The van der Waals surface area contributed by atoms with Crippen molar-refractivity contribution in [2.24, 2.45) is 10.5 Å². The van der Waals surface area contributed by atoms with E-state index in [0.717, 1.165) is 12.0 Å². The minimum Gasteiger partial charge on any atom is -0.272 e. The van der Waals surface area contributed by atoms with Gasteiger partial charge in [-0.1, -0.05) is 31.2 Å². The van der Waals surface area contributed by atoms with Gasteiger partial charge in [-0.25, -0.2) is 5.43 Å². The Balaban J connectivity index is 1.91. The summed E-state index contributed by atoms with van der Waals surface area (Å²) in [4.78, 5) is 11.8. The first kappa shape index (κ1) is 14.4. The normalized spacial score (nSPS) is 24.4. The summed E-state index contributed by atoms with van der Waals surface area (Å²) in [5.41, 5.74) is 3.94. The monoisotopic (exact) mass is 298 g/mol. The van der Waals surface area contributed by atoms with Gasteiger partial charge in [-0.15, -0.1) is 23.2 Å². The lowest BCUT2D eigenvalue weighted by Gasteiger charge is -2.08. The molecule has 19 heavy (non-hydrogen) atoms. The smallest absolute Gasteiger partial charge is 0.249 e. The molecule has 0 radical (unpaired) electrons. The van der Waals surface area contributed by atoms with E-state index in [1.165, 1.54) is 5.56 Å². The van der Waals surface area contributed by atoms with Crippen LogP contribution in [0.15, 0.2) is 29.4 Å². The third-order valence-corrected chi connectivity index (χ3v) is 4.63. The highest BCUT2D eigenvalue weighted by Crippen LogP contribution is 2.63. The number of hydrogen-bond donors (Lipinski definition) is 1. The number of nitrogens with one attached hydrogen (secondary N) is 1. The van der Waals surface area contributed by atoms with Gasteiger partial charge in [0.25, 0.3) is 0 Å². The van der Waals surface area contributed by atoms with Crippen LogP contribution in [0.2, 0.25) is 0 Å². The Morgan fingerprint density at radius 1 is 1.42 bits per heavy atom. The third-order valence-electron chi connectivity index (χ3n) is 3.53. The molecule has 2 rings (SSSR count). The molecule has 1 aliphatic carbocycles. The minimum atomic E-state index is -0.963. The van der Waals surface area contributed by atoms with E-state index in [9.17, 15) is 4.79 Å². The summed E-state index contributed by atoms with van der Waals surface area (Å²) < 4.78 is -0.963. The van der Waals surface area contributed by atoms with Gasteiger partial charge in [-0.2, -0.15) is 5.10 Å². The zero-order valence-electron chi connectivity index (χ0n) is 10.9. The van der Waals surface area contributed by atoms with Crippen LogP contribution >= 0.6 is 23.2 Å². The van der Waals surface area contributed by atoms with E-state index in [4.69, 9.17) is 23.2 Å². The van der Waals surface area contributed by atoms with Crippen molar-refractivity contribution in [3.63, 3.8) is 0 Å². The van der Waals surface area contributed by atoms with Crippen LogP contribution in [-0.2, 0) is 11.2 Å². The fourth-order valence-electron chi connectivity index (χ4n) is 1.77. The molecule has 0 saturated heterocycles. The second kappa shape index (κ2) is 5.14. The first-order valence-corrected chi connectivity index (χ1v) is 6.95. The third kappa shape index (κ3) is 2.93. The van der Waals surface area contributed by atoms with E-state index in [-0.39, 0.29) is 5.91 Å². The molecule has 0 unspecified atom stereocenters. The minimum absolute atomic E-state index is 0.251. The summed E-state index contributed by atoms with van der Waals surface area (Å²) >= 11 is 11.9. The van der Waals surface area contributed by atoms with Crippen LogP contribution in [-0.4, -0.2) is 16.5 Å². The molecular weight excluding hydrogens is 283 g/mol. The molecule has 1 aliphatic rings. The number of hydrazone groups is 1. The maximum absolute atomic E-state index is 11.8. The number of aryl methyl sites for hydroxylation is 1. The van der Waals surface area contributed by atoms with E-state index in [0.29, 0.717) is 6.42 Å². The van der Waals surface area contributed by atoms with Gasteiger partial charge in [-0.3, -0.25) is 4.79 Å². The van der Waals surface area contributed by atoms with Crippen molar-refractivity contribution in [2.75, 3.05) is 0 Å². The van der Waals surface area contributed by atoms with E-state index < -0.39 is 9.75 Å². The van der Waals surface area contributed by atoms with Gasteiger partial charge in [0.2, 0.25) is 5.91 Å². The summed E-state index contributed by atoms with van der Waals surface area (Å²) in [5, 5.41) is 3.93. The van der Waals surface area contributed by atoms with E-state index in [1.807, 2.05) is 24.3 Å². The zero-order chi connectivity index (χ0) is 14.1. The Kier molecular flexibility index (Phi) is 3.88. The largest absolute Gasteiger partial charge is 0.272 e. The Labute approximate surface area is 123 Å². The predicted molar refractivity (Wildman–Crippen MR) is 78.7 cm³/mol. The van der Waals surface area contributed by atoms with Crippen LogP contribution in [0.3, 0.4) is 0 Å². The van der Waals surface area contributed by atoms with Crippen LogP contribution in [0.25, 0.3) is 0 Å². The number of alkyl halides is 2. The molecule has 1 aromatic carbocycles. The summed E-state index contributed by atoms with van der Waals surface area (Å²) in [6.45, 7) is 3.83. The van der Waals surface area contributed by atoms with Gasteiger partial charge >= 0.3 is 0 Å². The van der Waals surface area contributed by atoms with Gasteiger partial charge in [0.15, 0.2) is 0 Å². The molecule has 0 bridgehead atoms. The van der Waals surface area contributed by atoms with Crippen LogP contribution in [0, 0.1) is 5.41 Å². The Hall–Kier alpha value is -1.06. The second-order valence-electron chi connectivity index (χ2n) is 5.01. The lowest BCUT2D eigenvalue weighted by atomic mass is 10.1. The number of amides is 1. The first-order valence-electron chi connectivity index (χ1n) is 6.19. The molecule has 0 heterocycles. The average molecular weight is 299 g/mol. The topological polar surface area (TPSA) is 41.5 Å². The summed E-state index contributed by atoms with van der Waals surface area (Å²) in [7, 11) is 0. The van der Waals surface area contributed by atoms with Crippen molar-refractivity contribution >= 4 is 35.3 Å². The second-order valence-corrected chi connectivity index (χ2v) is 6.49. The molecule has 0 spiro atoms. The van der Waals surface area contributed by atoms with Gasteiger partial charge in [-0.05, 0) is 30.9 Å². The van der Waals surface area contributed by atoms with Crippen molar-refractivity contribution in [2.45, 2.75) is 31.0 Å². The lowest BCUT2D eigenvalue weighted by molar-refractivity contribution is -0.125. The molecule has 1 atom stereocenters. The average Bonchev–Trinajstić information content (AvgIpc) is 2.91. The molecular formula is C14H16Cl2N2O. The number of benzene rings is 1. The van der Waals surface area contributed by atoms with Crippen molar-refractivity contribution in [3.05, 3.63) is 35.4 Å². The van der Waals surface area contributed by atoms with Crippen molar-refractivity contribution in [3.8, 4) is 0 Å². The molecule has 1 amide bonds. The molecule has 0 aliphatic heterocycles.